The number of hydrogen-bond donors (Lipinski definition) is 2. The van der Waals surface area contributed by atoms with Gasteiger partial charge in [0.2, 0.25) is 0 Å². The Hall–Kier alpha value is -1.15. The van der Waals surface area contributed by atoms with Crippen molar-refractivity contribution in [1.29, 1.82) is 0 Å². The molecule has 0 radical (unpaired) electrons. The first-order valence-electron chi connectivity index (χ1n) is 6.52. The van der Waals surface area contributed by atoms with E-state index in [0.29, 0.717) is 17.1 Å². The fourth-order valence-corrected chi connectivity index (χ4v) is 3.93. The van der Waals surface area contributed by atoms with Crippen molar-refractivity contribution in [2.45, 2.75) is 31.7 Å². The predicted molar refractivity (Wildman–Crippen MR) is 87.4 cm³/mol. The Morgan fingerprint density at radius 1 is 1.52 bits per heavy atom. The van der Waals surface area contributed by atoms with Gasteiger partial charge in [-0.2, -0.15) is 0 Å². The normalized spacial score (nSPS) is 12.8. The highest BCUT2D eigenvalue weighted by molar-refractivity contribution is 7.99. The number of aliphatic hydroxyl groups is 2. The highest BCUT2D eigenvalue weighted by Crippen LogP contribution is 2.28. The minimum Gasteiger partial charge on any atom is -0.394 e. The molecule has 0 saturated carbocycles. The van der Waals surface area contributed by atoms with Crippen LogP contribution in [0.15, 0.2) is 22.6 Å². The standard InChI is InChI=1S/C14H18N2O3S2/c1-4-5-16-13(19)11-8(2)9(3)21-12(11)15-14(16)20-7-10(18)6-17/h4,10,17-18H,1,5-7H2,2-3H3/t10-/m1/s1. The van der Waals surface area contributed by atoms with Crippen molar-refractivity contribution >= 4 is 33.3 Å². The molecule has 2 N–H and O–H groups in total. The highest BCUT2D eigenvalue weighted by atomic mass is 32.2. The van der Waals surface area contributed by atoms with Gasteiger partial charge < -0.3 is 10.2 Å². The third kappa shape index (κ3) is 3.21. The van der Waals surface area contributed by atoms with E-state index in [9.17, 15) is 9.90 Å². The van der Waals surface area contributed by atoms with E-state index in [1.807, 2.05) is 13.8 Å². The van der Waals surface area contributed by atoms with E-state index in [4.69, 9.17) is 5.11 Å². The molecule has 2 heterocycles. The Kier molecular flexibility index (Phi) is 5.21. The van der Waals surface area contributed by atoms with Crippen LogP contribution in [0.2, 0.25) is 0 Å². The molecule has 0 aliphatic carbocycles. The van der Waals surface area contributed by atoms with Gasteiger partial charge in [-0.05, 0) is 19.4 Å². The van der Waals surface area contributed by atoms with Crippen LogP contribution in [-0.4, -0.2) is 38.2 Å². The van der Waals surface area contributed by atoms with Crippen LogP contribution < -0.4 is 5.56 Å². The summed E-state index contributed by atoms with van der Waals surface area (Å²) in [6.07, 6.45) is 0.822. The van der Waals surface area contributed by atoms with Crippen LogP contribution in [-0.2, 0) is 6.54 Å². The molecule has 7 heteroatoms. The molecule has 0 fully saturated rings. The number of aryl methyl sites for hydroxylation is 2. The van der Waals surface area contributed by atoms with Gasteiger partial charge in [0.25, 0.3) is 5.56 Å². The second-order valence-corrected chi connectivity index (χ2v) is 6.90. The van der Waals surface area contributed by atoms with Gasteiger partial charge in [-0.25, -0.2) is 4.98 Å². The lowest BCUT2D eigenvalue weighted by molar-refractivity contribution is 0.113. The lowest BCUT2D eigenvalue weighted by atomic mass is 10.2. The summed E-state index contributed by atoms with van der Waals surface area (Å²) in [6.45, 7) is 7.64. The van der Waals surface area contributed by atoms with Gasteiger partial charge in [0.15, 0.2) is 5.16 Å². The molecule has 2 aromatic rings. The SMILES string of the molecule is C=CCn1c(SC[C@H](O)CO)nc2sc(C)c(C)c2c1=O. The Morgan fingerprint density at radius 2 is 2.24 bits per heavy atom. The van der Waals surface area contributed by atoms with E-state index in [0.717, 1.165) is 15.3 Å². The number of allylic oxidation sites excluding steroid dienone is 1. The van der Waals surface area contributed by atoms with E-state index >= 15 is 0 Å². The lowest BCUT2D eigenvalue weighted by Gasteiger charge is -2.11. The monoisotopic (exact) mass is 326 g/mol. The van der Waals surface area contributed by atoms with Crippen LogP contribution in [0.25, 0.3) is 10.2 Å². The summed E-state index contributed by atoms with van der Waals surface area (Å²) in [5.41, 5.74) is 0.889. The van der Waals surface area contributed by atoms with Crippen LogP contribution in [0.4, 0.5) is 0 Å². The lowest BCUT2D eigenvalue weighted by Crippen LogP contribution is -2.24. The summed E-state index contributed by atoms with van der Waals surface area (Å²) in [5, 5.41) is 19.6. The van der Waals surface area contributed by atoms with E-state index < -0.39 is 6.10 Å². The number of fused-ring (bicyclic) bond motifs is 1. The molecule has 0 aromatic carbocycles. The minimum absolute atomic E-state index is 0.0808. The number of rotatable bonds is 6. The predicted octanol–water partition coefficient (Wildman–Crippen LogP) is 1.71. The first-order valence-corrected chi connectivity index (χ1v) is 8.33. The van der Waals surface area contributed by atoms with Crippen molar-refractivity contribution in [3.8, 4) is 0 Å². The van der Waals surface area contributed by atoms with Crippen molar-refractivity contribution in [3.63, 3.8) is 0 Å². The first kappa shape index (κ1) is 16.2. The number of thiophene rings is 1. The van der Waals surface area contributed by atoms with Gasteiger partial charge in [0, 0.05) is 17.2 Å². The summed E-state index contributed by atoms with van der Waals surface area (Å²) in [5.74, 6) is 0.287. The van der Waals surface area contributed by atoms with Crippen molar-refractivity contribution < 1.29 is 10.2 Å². The molecule has 0 aliphatic rings. The molecule has 0 aliphatic heterocycles. The molecular weight excluding hydrogens is 308 g/mol. The summed E-state index contributed by atoms with van der Waals surface area (Å²) >= 11 is 2.76. The van der Waals surface area contributed by atoms with Gasteiger partial charge in [-0.3, -0.25) is 9.36 Å². The van der Waals surface area contributed by atoms with Gasteiger partial charge in [-0.1, -0.05) is 17.8 Å². The Bertz CT molecular complexity index is 721. The average molecular weight is 326 g/mol. The molecule has 21 heavy (non-hydrogen) atoms. The van der Waals surface area contributed by atoms with Crippen LogP contribution in [0.1, 0.15) is 10.4 Å². The second kappa shape index (κ2) is 6.74. The van der Waals surface area contributed by atoms with E-state index in [-0.39, 0.29) is 17.9 Å². The Morgan fingerprint density at radius 3 is 2.86 bits per heavy atom. The van der Waals surface area contributed by atoms with E-state index in [1.165, 1.54) is 23.1 Å². The molecule has 0 saturated heterocycles. The molecule has 114 valence electrons. The van der Waals surface area contributed by atoms with Gasteiger partial charge in [0.05, 0.1) is 18.1 Å². The minimum atomic E-state index is -0.827. The number of aliphatic hydroxyl groups excluding tert-OH is 2. The molecule has 0 bridgehead atoms. The first-order chi connectivity index (χ1) is 9.99. The molecule has 5 nitrogen and oxygen atoms in total. The topological polar surface area (TPSA) is 75.3 Å². The van der Waals surface area contributed by atoms with Crippen LogP contribution in [0.3, 0.4) is 0 Å². The maximum absolute atomic E-state index is 12.6. The van der Waals surface area contributed by atoms with Crippen LogP contribution in [0, 0.1) is 13.8 Å². The van der Waals surface area contributed by atoms with Gasteiger partial charge in [-0.15, -0.1) is 17.9 Å². The molecule has 0 amide bonds. The smallest absolute Gasteiger partial charge is 0.263 e. The maximum atomic E-state index is 12.6. The number of hydrogen-bond acceptors (Lipinski definition) is 6. The fraction of sp³-hybridized carbons (Fsp3) is 0.429. The summed E-state index contributed by atoms with van der Waals surface area (Å²) < 4.78 is 1.56. The molecular formula is C14H18N2O3S2. The average Bonchev–Trinajstić information content (AvgIpc) is 2.75. The second-order valence-electron chi connectivity index (χ2n) is 4.71. The number of aromatic nitrogens is 2. The Labute approximate surface area is 131 Å². The van der Waals surface area contributed by atoms with Crippen molar-refractivity contribution in [2.24, 2.45) is 0 Å². The Balaban J connectivity index is 2.55. The van der Waals surface area contributed by atoms with E-state index in [1.54, 1.807) is 10.6 Å². The highest BCUT2D eigenvalue weighted by Gasteiger charge is 2.17. The quantitative estimate of drug-likeness (QED) is 0.480. The van der Waals surface area contributed by atoms with Crippen LogP contribution in [0.5, 0.6) is 0 Å². The molecule has 2 aromatic heterocycles. The molecule has 0 unspecified atom stereocenters. The fourth-order valence-electron chi connectivity index (χ4n) is 1.93. The largest absolute Gasteiger partial charge is 0.394 e. The zero-order valence-electron chi connectivity index (χ0n) is 12.0. The van der Waals surface area contributed by atoms with Gasteiger partial charge >= 0.3 is 0 Å². The van der Waals surface area contributed by atoms with Gasteiger partial charge in [0.1, 0.15) is 4.83 Å². The van der Waals surface area contributed by atoms with Crippen LogP contribution >= 0.6 is 23.1 Å². The number of thioether (sulfide) groups is 1. The van der Waals surface area contributed by atoms with Crippen molar-refractivity contribution in [2.75, 3.05) is 12.4 Å². The van der Waals surface area contributed by atoms with Crippen molar-refractivity contribution in [3.05, 3.63) is 33.4 Å². The zero-order chi connectivity index (χ0) is 15.6. The molecule has 0 spiro atoms. The molecule has 1 atom stereocenters. The summed E-state index contributed by atoms with van der Waals surface area (Å²) in [4.78, 5) is 19.0. The molecule has 2 rings (SSSR count). The van der Waals surface area contributed by atoms with E-state index in [2.05, 4.69) is 11.6 Å². The summed E-state index contributed by atoms with van der Waals surface area (Å²) in [7, 11) is 0. The maximum Gasteiger partial charge on any atom is 0.263 e. The number of nitrogens with zero attached hydrogens (tertiary/aromatic N) is 2. The third-order valence-corrected chi connectivity index (χ3v) is 5.40. The summed E-state index contributed by atoms with van der Waals surface area (Å²) in [6, 6.07) is 0. The van der Waals surface area contributed by atoms with Crippen molar-refractivity contribution in [1.82, 2.24) is 9.55 Å². The zero-order valence-corrected chi connectivity index (χ0v) is 13.6. The third-order valence-electron chi connectivity index (χ3n) is 3.18.